The molecule has 0 saturated carbocycles. The van der Waals surface area contributed by atoms with Gasteiger partial charge in [-0.2, -0.15) is 0 Å². The van der Waals surface area contributed by atoms with E-state index in [1.54, 1.807) is 6.08 Å². The van der Waals surface area contributed by atoms with Crippen molar-refractivity contribution in [2.45, 2.75) is 65.5 Å². The first-order valence-corrected chi connectivity index (χ1v) is 8.45. The van der Waals surface area contributed by atoms with Crippen molar-refractivity contribution in [1.29, 1.82) is 0 Å². The van der Waals surface area contributed by atoms with E-state index in [2.05, 4.69) is 34.4 Å². The Hall–Kier alpha value is -1.72. The highest BCUT2D eigenvalue weighted by Crippen LogP contribution is 2.07. The van der Waals surface area contributed by atoms with Gasteiger partial charge in [0.25, 0.3) is 0 Å². The summed E-state index contributed by atoms with van der Waals surface area (Å²) in [6.45, 7) is 15.2. The number of nitrogens with zero attached hydrogens (tertiary/aromatic N) is 1. The standard InChI is InChI=1S/C17H34N4O2/c1-7-10-11-14(13-20-16(22)23-17(4,5)6)21-15(18-9-3)19-12-8-2/h8,14H,2,7,9-13H2,1,3-6H3,(H,20,22)(H2,18,19,21). The van der Waals surface area contributed by atoms with Crippen molar-refractivity contribution in [3.63, 3.8) is 0 Å². The minimum Gasteiger partial charge on any atom is -0.444 e. The Kier molecular flexibility index (Phi) is 10.9. The molecule has 0 aromatic rings. The monoisotopic (exact) mass is 326 g/mol. The van der Waals surface area contributed by atoms with Crippen molar-refractivity contribution in [2.24, 2.45) is 4.99 Å². The lowest BCUT2D eigenvalue weighted by molar-refractivity contribution is 0.0523. The van der Waals surface area contributed by atoms with Crippen LogP contribution in [-0.4, -0.2) is 43.3 Å². The van der Waals surface area contributed by atoms with E-state index in [0.29, 0.717) is 13.1 Å². The van der Waals surface area contributed by atoms with Crippen LogP contribution in [0.4, 0.5) is 4.79 Å². The topological polar surface area (TPSA) is 74.8 Å². The molecule has 0 heterocycles. The largest absolute Gasteiger partial charge is 0.444 e. The molecule has 6 nitrogen and oxygen atoms in total. The Balaban J connectivity index is 4.59. The van der Waals surface area contributed by atoms with Crippen LogP contribution in [0, 0.1) is 0 Å². The predicted molar refractivity (Wildman–Crippen MR) is 96.9 cm³/mol. The van der Waals surface area contributed by atoms with Crippen LogP contribution in [0.2, 0.25) is 0 Å². The van der Waals surface area contributed by atoms with Crippen molar-refractivity contribution in [1.82, 2.24) is 16.0 Å². The number of hydrogen-bond donors (Lipinski definition) is 3. The molecule has 0 aliphatic heterocycles. The van der Waals surface area contributed by atoms with E-state index >= 15 is 0 Å². The summed E-state index contributed by atoms with van der Waals surface area (Å²) in [6, 6.07) is 0.102. The van der Waals surface area contributed by atoms with Crippen LogP contribution < -0.4 is 16.0 Å². The molecule has 3 N–H and O–H groups in total. The van der Waals surface area contributed by atoms with E-state index in [-0.39, 0.29) is 6.04 Å². The normalized spacial score (nSPS) is 13.2. The van der Waals surface area contributed by atoms with E-state index < -0.39 is 11.7 Å². The van der Waals surface area contributed by atoms with Crippen molar-refractivity contribution in [3.8, 4) is 0 Å². The van der Waals surface area contributed by atoms with Crippen LogP contribution in [0.15, 0.2) is 17.6 Å². The van der Waals surface area contributed by atoms with E-state index in [1.165, 1.54) is 0 Å². The molecule has 6 heteroatoms. The van der Waals surface area contributed by atoms with Gasteiger partial charge in [0.1, 0.15) is 5.60 Å². The summed E-state index contributed by atoms with van der Waals surface area (Å²) >= 11 is 0. The molecule has 0 spiro atoms. The van der Waals surface area contributed by atoms with Gasteiger partial charge in [-0.15, -0.1) is 6.58 Å². The maximum absolute atomic E-state index is 11.8. The summed E-state index contributed by atoms with van der Waals surface area (Å²) < 4.78 is 5.27. The van der Waals surface area contributed by atoms with Crippen LogP contribution >= 0.6 is 0 Å². The molecule has 1 amide bonds. The van der Waals surface area contributed by atoms with Gasteiger partial charge < -0.3 is 20.7 Å². The zero-order valence-corrected chi connectivity index (χ0v) is 15.4. The zero-order chi connectivity index (χ0) is 17.7. The van der Waals surface area contributed by atoms with Crippen LogP contribution in [0.5, 0.6) is 0 Å². The fourth-order valence-corrected chi connectivity index (χ4v) is 1.87. The van der Waals surface area contributed by atoms with Crippen molar-refractivity contribution < 1.29 is 9.53 Å². The molecule has 0 fully saturated rings. The highest BCUT2D eigenvalue weighted by atomic mass is 16.6. The maximum atomic E-state index is 11.8. The number of rotatable bonds is 9. The van der Waals surface area contributed by atoms with Gasteiger partial charge in [0, 0.05) is 19.1 Å². The third-order valence-electron chi connectivity index (χ3n) is 2.86. The minimum atomic E-state index is -0.489. The summed E-state index contributed by atoms with van der Waals surface area (Å²) in [5.74, 6) is 0.736. The van der Waals surface area contributed by atoms with Gasteiger partial charge in [-0.1, -0.05) is 25.8 Å². The van der Waals surface area contributed by atoms with Gasteiger partial charge in [0.05, 0.1) is 6.54 Å². The molecule has 0 aromatic heterocycles. The molecule has 0 rings (SSSR count). The SMILES string of the molecule is C=CCN=C(NCC)NC(CCCC)CNC(=O)OC(C)(C)C. The number of alkyl carbamates (subject to hydrolysis) is 1. The number of nitrogens with one attached hydrogen (secondary N) is 3. The van der Waals surface area contributed by atoms with E-state index in [0.717, 1.165) is 31.8 Å². The zero-order valence-electron chi connectivity index (χ0n) is 15.4. The average Bonchev–Trinajstić information content (AvgIpc) is 2.45. The van der Waals surface area contributed by atoms with Gasteiger partial charge in [-0.3, -0.25) is 0 Å². The van der Waals surface area contributed by atoms with Gasteiger partial charge in [-0.05, 0) is 34.1 Å². The van der Waals surface area contributed by atoms with Gasteiger partial charge in [0.2, 0.25) is 0 Å². The molecular formula is C17H34N4O2. The number of aliphatic imine (C=N–C) groups is 1. The number of guanidine groups is 1. The number of carbonyl (C=O) groups is 1. The average molecular weight is 326 g/mol. The minimum absolute atomic E-state index is 0.102. The molecule has 0 saturated heterocycles. The van der Waals surface area contributed by atoms with Gasteiger partial charge in [-0.25, -0.2) is 9.79 Å². The van der Waals surface area contributed by atoms with Gasteiger partial charge in [0.15, 0.2) is 5.96 Å². The van der Waals surface area contributed by atoms with Crippen LogP contribution in [0.3, 0.4) is 0 Å². The molecule has 0 aliphatic carbocycles. The molecule has 1 atom stereocenters. The summed E-state index contributed by atoms with van der Waals surface area (Å²) in [5, 5.41) is 9.39. The molecule has 1 unspecified atom stereocenters. The number of unbranched alkanes of at least 4 members (excludes halogenated alkanes) is 1. The second-order valence-electron chi connectivity index (χ2n) is 6.37. The highest BCUT2D eigenvalue weighted by molar-refractivity contribution is 5.80. The first kappa shape index (κ1) is 21.3. The Bertz CT molecular complexity index is 375. The fourth-order valence-electron chi connectivity index (χ4n) is 1.87. The molecule has 0 radical (unpaired) electrons. The number of hydrogen-bond acceptors (Lipinski definition) is 3. The molecule has 0 bridgehead atoms. The first-order chi connectivity index (χ1) is 10.8. The third kappa shape index (κ3) is 12.5. The second-order valence-corrected chi connectivity index (χ2v) is 6.37. The van der Waals surface area contributed by atoms with E-state index in [9.17, 15) is 4.79 Å². The maximum Gasteiger partial charge on any atom is 0.407 e. The lowest BCUT2D eigenvalue weighted by atomic mass is 10.1. The Morgan fingerprint density at radius 3 is 2.52 bits per heavy atom. The summed E-state index contributed by atoms with van der Waals surface area (Å²) in [4.78, 5) is 16.2. The van der Waals surface area contributed by atoms with Gasteiger partial charge >= 0.3 is 6.09 Å². The summed E-state index contributed by atoms with van der Waals surface area (Å²) in [7, 11) is 0. The molecule has 134 valence electrons. The highest BCUT2D eigenvalue weighted by Gasteiger charge is 2.17. The number of amides is 1. The Morgan fingerprint density at radius 1 is 1.30 bits per heavy atom. The van der Waals surface area contributed by atoms with Crippen LogP contribution in [0.25, 0.3) is 0 Å². The van der Waals surface area contributed by atoms with Crippen molar-refractivity contribution in [3.05, 3.63) is 12.7 Å². The second kappa shape index (κ2) is 11.8. The molecular weight excluding hydrogens is 292 g/mol. The smallest absolute Gasteiger partial charge is 0.407 e. The molecule has 23 heavy (non-hydrogen) atoms. The Morgan fingerprint density at radius 2 is 2.00 bits per heavy atom. The van der Waals surface area contributed by atoms with Crippen LogP contribution in [-0.2, 0) is 4.74 Å². The first-order valence-electron chi connectivity index (χ1n) is 8.45. The number of carbonyl (C=O) groups excluding carboxylic acids is 1. The van der Waals surface area contributed by atoms with Crippen molar-refractivity contribution >= 4 is 12.1 Å². The fraction of sp³-hybridized carbons (Fsp3) is 0.765. The van der Waals surface area contributed by atoms with E-state index in [1.807, 2.05) is 27.7 Å². The number of ether oxygens (including phenoxy) is 1. The van der Waals surface area contributed by atoms with Crippen LogP contribution in [0.1, 0.15) is 53.9 Å². The summed E-state index contributed by atoms with van der Waals surface area (Å²) in [5.41, 5.74) is -0.489. The quantitative estimate of drug-likeness (QED) is 0.346. The van der Waals surface area contributed by atoms with Crippen molar-refractivity contribution in [2.75, 3.05) is 19.6 Å². The Labute approximate surface area is 141 Å². The predicted octanol–water partition coefficient (Wildman–Crippen LogP) is 2.81. The summed E-state index contributed by atoms with van der Waals surface area (Å²) in [6.07, 6.45) is 4.48. The molecule has 0 aromatic carbocycles. The molecule has 0 aliphatic rings. The lowest BCUT2D eigenvalue weighted by Gasteiger charge is -2.24. The lowest BCUT2D eigenvalue weighted by Crippen LogP contribution is -2.49. The third-order valence-corrected chi connectivity index (χ3v) is 2.86. The van der Waals surface area contributed by atoms with E-state index in [4.69, 9.17) is 4.74 Å².